The van der Waals surface area contributed by atoms with Gasteiger partial charge in [0.05, 0.1) is 12.8 Å². The number of hydrogen-bond donors (Lipinski definition) is 2. The fourth-order valence-corrected chi connectivity index (χ4v) is 3.31. The first-order chi connectivity index (χ1) is 9.72. The number of carboxylic acids is 1. The SMILES string of the molecule is COc1ccc2c(c1N1CCCC1C(=O)O)CCNC2. The van der Waals surface area contributed by atoms with Crippen LogP contribution in [0.25, 0.3) is 0 Å². The number of nitrogens with one attached hydrogen (secondary N) is 1. The second-order valence-electron chi connectivity index (χ2n) is 5.37. The molecule has 0 bridgehead atoms. The Hall–Kier alpha value is -1.75. The van der Waals surface area contributed by atoms with E-state index in [1.165, 1.54) is 11.1 Å². The summed E-state index contributed by atoms with van der Waals surface area (Å²) in [5.41, 5.74) is 3.50. The van der Waals surface area contributed by atoms with Gasteiger partial charge in [0.1, 0.15) is 11.8 Å². The molecule has 1 saturated heterocycles. The Labute approximate surface area is 118 Å². The van der Waals surface area contributed by atoms with Gasteiger partial charge in [0.25, 0.3) is 0 Å². The Morgan fingerprint density at radius 2 is 2.35 bits per heavy atom. The van der Waals surface area contributed by atoms with Crippen LogP contribution in [0.4, 0.5) is 5.69 Å². The molecule has 0 radical (unpaired) electrons. The van der Waals surface area contributed by atoms with Gasteiger partial charge in [0.2, 0.25) is 0 Å². The summed E-state index contributed by atoms with van der Waals surface area (Å²) in [6.07, 6.45) is 2.55. The summed E-state index contributed by atoms with van der Waals surface area (Å²) in [5.74, 6) is 0.0508. The predicted molar refractivity (Wildman–Crippen MR) is 76.4 cm³/mol. The summed E-state index contributed by atoms with van der Waals surface area (Å²) >= 11 is 0. The third-order valence-electron chi connectivity index (χ3n) is 4.25. The van der Waals surface area contributed by atoms with Crippen molar-refractivity contribution in [3.63, 3.8) is 0 Å². The lowest BCUT2D eigenvalue weighted by molar-refractivity contribution is -0.138. The minimum Gasteiger partial charge on any atom is -0.495 e. The quantitative estimate of drug-likeness (QED) is 0.873. The van der Waals surface area contributed by atoms with E-state index in [0.717, 1.165) is 43.9 Å². The normalized spacial score (nSPS) is 21.6. The van der Waals surface area contributed by atoms with Crippen LogP contribution in [-0.2, 0) is 17.8 Å². The van der Waals surface area contributed by atoms with Gasteiger partial charge < -0.3 is 20.1 Å². The molecule has 0 aromatic heterocycles. The van der Waals surface area contributed by atoms with Gasteiger partial charge >= 0.3 is 5.97 Å². The monoisotopic (exact) mass is 276 g/mol. The highest BCUT2D eigenvalue weighted by atomic mass is 16.5. The Morgan fingerprint density at radius 3 is 3.10 bits per heavy atom. The van der Waals surface area contributed by atoms with Crippen molar-refractivity contribution in [1.82, 2.24) is 5.32 Å². The smallest absolute Gasteiger partial charge is 0.326 e. The number of anilines is 1. The van der Waals surface area contributed by atoms with E-state index in [1.54, 1.807) is 7.11 Å². The largest absolute Gasteiger partial charge is 0.495 e. The summed E-state index contributed by atoms with van der Waals surface area (Å²) in [4.78, 5) is 13.5. The third kappa shape index (κ3) is 2.12. The number of fused-ring (bicyclic) bond motifs is 1. The number of rotatable bonds is 3. The van der Waals surface area contributed by atoms with E-state index in [2.05, 4.69) is 11.4 Å². The zero-order valence-electron chi connectivity index (χ0n) is 11.7. The zero-order chi connectivity index (χ0) is 14.1. The number of nitrogens with zero attached hydrogens (tertiary/aromatic N) is 1. The van der Waals surface area contributed by atoms with E-state index in [1.807, 2.05) is 11.0 Å². The van der Waals surface area contributed by atoms with Crippen molar-refractivity contribution in [1.29, 1.82) is 0 Å². The standard InChI is InChI=1S/C15H20N2O3/c1-20-13-5-4-10-9-16-7-6-11(10)14(13)17-8-2-3-12(17)15(18)19/h4-5,12,16H,2-3,6-9H2,1H3,(H,18,19). The van der Waals surface area contributed by atoms with Crippen LogP contribution in [0.1, 0.15) is 24.0 Å². The second-order valence-corrected chi connectivity index (χ2v) is 5.37. The molecule has 5 nitrogen and oxygen atoms in total. The van der Waals surface area contributed by atoms with Crippen molar-refractivity contribution in [3.8, 4) is 5.75 Å². The maximum Gasteiger partial charge on any atom is 0.326 e. The summed E-state index contributed by atoms with van der Waals surface area (Å²) in [5, 5.41) is 12.8. The molecule has 1 aromatic rings. The summed E-state index contributed by atoms with van der Waals surface area (Å²) < 4.78 is 5.50. The average Bonchev–Trinajstić information content (AvgIpc) is 2.95. The van der Waals surface area contributed by atoms with Crippen LogP contribution in [0.15, 0.2) is 12.1 Å². The molecule has 108 valence electrons. The Balaban J connectivity index is 2.08. The van der Waals surface area contributed by atoms with Crippen LogP contribution in [0.2, 0.25) is 0 Å². The van der Waals surface area contributed by atoms with Crippen molar-refractivity contribution in [2.24, 2.45) is 0 Å². The molecule has 0 spiro atoms. The minimum atomic E-state index is -0.740. The molecule has 2 heterocycles. The van der Waals surface area contributed by atoms with Gasteiger partial charge in [-0.3, -0.25) is 0 Å². The first-order valence-corrected chi connectivity index (χ1v) is 7.11. The van der Waals surface area contributed by atoms with E-state index < -0.39 is 12.0 Å². The highest BCUT2D eigenvalue weighted by Gasteiger charge is 2.34. The van der Waals surface area contributed by atoms with E-state index in [-0.39, 0.29) is 0 Å². The first kappa shape index (κ1) is 13.2. The van der Waals surface area contributed by atoms with Crippen LogP contribution in [0.3, 0.4) is 0 Å². The van der Waals surface area contributed by atoms with Gasteiger partial charge in [-0.2, -0.15) is 0 Å². The molecule has 0 amide bonds. The number of carbonyl (C=O) groups is 1. The Kier molecular flexibility index (Phi) is 3.53. The van der Waals surface area contributed by atoms with E-state index >= 15 is 0 Å². The maximum absolute atomic E-state index is 11.5. The fourth-order valence-electron chi connectivity index (χ4n) is 3.31. The number of methoxy groups -OCH3 is 1. The van der Waals surface area contributed by atoms with Crippen LogP contribution in [0, 0.1) is 0 Å². The van der Waals surface area contributed by atoms with Crippen molar-refractivity contribution in [3.05, 3.63) is 23.3 Å². The second kappa shape index (κ2) is 5.32. The molecule has 1 unspecified atom stereocenters. The van der Waals surface area contributed by atoms with E-state index in [0.29, 0.717) is 6.42 Å². The van der Waals surface area contributed by atoms with Crippen molar-refractivity contribution in [2.45, 2.75) is 31.8 Å². The molecule has 1 atom stereocenters. The lowest BCUT2D eigenvalue weighted by Crippen LogP contribution is -2.37. The fraction of sp³-hybridized carbons (Fsp3) is 0.533. The molecule has 1 aromatic carbocycles. The zero-order valence-corrected chi connectivity index (χ0v) is 11.7. The van der Waals surface area contributed by atoms with Gasteiger partial charge in [-0.1, -0.05) is 6.07 Å². The topological polar surface area (TPSA) is 61.8 Å². The number of aliphatic carboxylic acids is 1. The lowest BCUT2D eigenvalue weighted by atomic mass is 9.97. The lowest BCUT2D eigenvalue weighted by Gasteiger charge is -2.31. The third-order valence-corrected chi connectivity index (χ3v) is 4.25. The first-order valence-electron chi connectivity index (χ1n) is 7.11. The van der Waals surface area contributed by atoms with Gasteiger partial charge in [0, 0.05) is 13.1 Å². The van der Waals surface area contributed by atoms with Gasteiger partial charge in [-0.15, -0.1) is 0 Å². The molecule has 1 fully saturated rings. The maximum atomic E-state index is 11.5. The number of hydrogen-bond acceptors (Lipinski definition) is 4. The number of carboxylic acid groups (broad SMARTS) is 1. The van der Waals surface area contributed by atoms with Crippen molar-refractivity contribution < 1.29 is 14.6 Å². The number of benzene rings is 1. The summed E-state index contributed by atoms with van der Waals surface area (Å²) in [6, 6.07) is 3.61. The molecule has 20 heavy (non-hydrogen) atoms. The highest BCUT2D eigenvalue weighted by Crippen LogP contribution is 2.39. The van der Waals surface area contributed by atoms with Crippen LogP contribution >= 0.6 is 0 Å². The molecular formula is C15H20N2O3. The molecule has 0 saturated carbocycles. The Bertz CT molecular complexity index is 530. The van der Waals surface area contributed by atoms with Crippen LogP contribution in [0.5, 0.6) is 5.75 Å². The molecule has 3 rings (SSSR count). The summed E-state index contributed by atoms with van der Waals surface area (Å²) in [6.45, 7) is 2.56. The van der Waals surface area contributed by atoms with Gasteiger partial charge in [-0.05, 0) is 43.0 Å². The molecule has 5 heteroatoms. The minimum absolute atomic E-state index is 0.426. The molecule has 0 aliphatic carbocycles. The van der Waals surface area contributed by atoms with Crippen molar-refractivity contribution >= 4 is 11.7 Å². The molecule has 2 aliphatic heterocycles. The van der Waals surface area contributed by atoms with Crippen LogP contribution in [-0.4, -0.2) is 37.3 Å². The predicted octanol–water partition coefficient (Wildman–Crippen LogP) is 1.39. The summed E-state index contributed by atoms with van der Waals surface area (Å²) in [7, 11) is 1.65. The van der Waals surface area contributed by atoms with Crippen molar-refractivity contribution in [2.75, 3.05) is 25.1 Å². The van der Waals surface area contributed by atoms with Gasteiger partial charge in [0.15, 0.2) is 0 Å². The molecule has 2 N–H and O–H groups in total. The molecule has 2 aliphatic rings. The average molecular weight is 276 g/mol. The Morgan fingerprint density at radius 1 is 1.50 bits per heavy atom. The van der Waals surface area contributed by atoms with E-state index in [4.69, 9.17) is 4.74 Å². The van der Waals surface area contributed by atoms with Gasteiger partial charge in [-0.25, -0.2) is 4.79 Å². The highest BCUT2D eigenvalue weighted by molar-refractivity contribution is 5.81. The molecular weight excluding hydrogens is 256 g/mol. The van der Waals surface area contributed by atoms with Crippen LogP contribution < -0.4 is 15.0 Å². The number of ether oxygens (including phenoxy) is 1. The van der Waals surface area contributed by atoms with E-state index in [9.17, 15) is 9.90 Å².